The standard InChI is InChI=1S/C17H21FN2O3S2/c1-3-11(4-2)16(21)19-17-20(13-7-5-12(18)6-8-13)14-9-25(22,23)10-15(14)24-17/h5-8,11,14-15H,3-4,9-10H2,1-2H3/t14-,15-/m0/s1. The van der Waals surface area contributed by atoms with Gasteiger partial charge >= 0.3 is 0 Å². The molecular weight excluding hydrogens is 363 g/mol. The van der Waals surface area contributed by atoms with Crippen LogP contribution in [0.4, 0.5) is 10.1 Å². The van der Waals surface area contributed by atoms with Crippen LogP contribution < -0.4 is 4.90 Å². The Morgan fingerprint density at radius 2 is 1.92 bits per heavy atom. The van der Waals surface area contributed by atoms with Crippen LogP contribution in [-0.4, -0.2) is 42.3 Å². The zero-order valence-electron chi connectivity index (χ0n) is 14.2. The molecule has 2 atom stereocenters. The van der Waals surface area contributed by atoms with Gasteiger partial charge in [0.25, 0.3) is 5.91 Å². The third-order valence-corrected chi connectivity index (χ3v) is 7.92. The second-order valence-corrected chi connectivity index (χ2v) is 9.75. The fourth-order valence-electron chi connectivity index (χ4n) is 3.29. The quantitative estimate of drug-likeness (QED) is 0.799. The van der Waals surface area contributed by atoms with Crippen LogP contribution in [0.25, 0.3) is 0 Å². The summed E-state index contributed by atoms with van der Waals surface area (Å²) in [5.74, 6) is -0.564. The van der Waals surface area contributed by atoms with Crippen LogP contribution in [-0.2, 0) is 14.6 Å². The first-order valence-electron chi connectivity index (χ1n) is 8.39. The van der Waals surface area contributed by atoms with E-state index >= 15 is 0 Å². The molecule has 3 rings (SSSR count). The number of thioether (sulfide) groups is 1. The molecule has 8 heteroatoms. The molecule has 5 nitrogen and oxygen atoms in total. The first-order chi connectivity index (χ1) is 11.8. The van der Waals surface area contributed by atoms with Gasteiger partial charge in [0.2, 0.25) is 0 Å². The lowest BCUT2D eigenvalue weighted by atomic mass is 10.0. The molecule has 0 radical (unpaired) electrons. The molecular formula is C17H21FN2O3S2. The largest absolute Gasteiger partial charge is 0.316 e. The first kappa shape index (κ1) is 18.4. The number of sulfone groups is 1. The molecule has 1 aromatic rings. The van der Waals surface area contributed by atoms with E-state index < -0.39 is 9.84 Å². The Hall–Kier alpha value is -1.41. The highest BCUT2D eigenvalue weighted by atomic mass is 32.2. The van der Waals surface area contributed by atoms with Crippen LogP contribution in [0.1, 0.15) is 26.7 Å². The molecule has 0 aromatic heterocycles. The average molecular weight is 384 g/mol. The SMILES string of the molecule is CCC(CC)C(=O)N=C1S[C@H]2CS(=O)(=O)C[C@@H]2N1c1ccc(F)cc1. The third kappa shape index (κ3) is 3.74. The number of hydrogen-bond acceptors (Lipinski definition) is 4. The molecule has 2 heterocycles. The number of halogens is 1. The van der Waals surface area contributed by atoms with Crippen LogP contribution in [0.5, 0.6) is 0 Å². The van der Waals surface area contributed by atoms with Crippen LogP contribution in [0, 0.1) is 11.7 Å². The number of aliphatic imine (C=N–C) groups is 1. The Morgan fingerprint density at radius 1 is 1.28 bits per heavy atom. The topological polar surface area (TPSA) is 66.8 Å². The number of amides is 1. The van der Waals surface area contributed by atoms with E-state index in [2.05, 4.69) is 4.99 Å². The number of fused-ring (bicyclic) bond motifs is 1. The molecule has 1 amide bonds. The minimum absolute atomic E-state index is 0.0280. The lowest BCUT2D eigenvalue weighted by Gasteiger charge is -2.24. The highest BCUT2D eigenvalue weighted by Gasteiger charge is 2.49. The summed E-state index contributed by atoms with van der Waals surface area (Å²) in [5.41, 5.74) is 0.662. The molecule has 0 aliphatic carbocycles. The van der Waals surface area contributed by atoms with Crippen molar-refractivity contribution in [1.29, 1.82) is 0 Å². The van der Waals surface area contributed by atoms with Crippen LogP contribution in [0.3, 0.4) is 0 Å². The van der Waals surface area contributed by atoms with Crippen molar-refractivity contribution >= 4 is 38.4 Å². The van der Waals surface area contributed by atoms with E-state index in [1.165, 1.54) is 23.9 Å². The van der Waals surface area contributed by atoms with Crippen molar-refractivity contribution in [2.24, 2.45) is 10.9 Å². The van der Waals surface area contributed by atoms with Gasteiger partial charge < -0.3 is 4.90 Å². The second-order valence-electron chi connectivity index (χ2n) is 6.39. The van der Waals surface area contributed by atoms with Crippen molar-refractivity contribution in [2.45, 2.75) is 38.0 Å². The monoisotopic (exact) mass is 384 g/mol. The van der Waals surface area contributed by atoms with E-state index in [4.69, 9.17) is 0 Å². The number of rotatable bonds is 4. The number of nitrogens with zero attached hydrogens (tertiary/aromatic N) is 2. The molecule has 0 spiro atoms. The minimum atomic E-state index is -3.11. The molecule has 2 aliphatic rings. The van der Waals surface area contributed by atoms with Gasteiger partial charge in [0.15, 0.2) is 15.0 Å². The van der Waals surface area contributed by atoms with E-state index in [0.29, 0.717) is 23.7 Å². The summed E-state index contributed by atoms with van der Waals surface area (Å²) in [7, 11) is -3.11. The molecule has 0 bridgehead atoms. The Balaban J connectivity index is 1.97. The van der Waals surface area contributed by atoms with E-state index in [1.54, 1.807) is 17.0 Å². The highest BCUT2D eigenvalue weighted by Crippen LogP contribution is 2.41. The maximum absolute atomic E-state index is 13.3. The van der Waals surface area contributed by atoms with Crippen LogP contribution in [0.2, 0.25) is 0 Å². The van der Waals surface area contributed by atoms with E-state index in [1.807, 2.05) is 13.8 Å². The van der Waals surface area contributed by atoms with Gasteiger partial charge in [-0.3, -0.25) is 4.79 Å². The number of carbonyl (C=O) groups excluding carboxylic acids is 1. The van der Waals surface area contributed by atoms with Crippen molar-refractivity contribution in [3.8, 4) is 0 Å². The van der Waals surface area contributed by atoms with Gasteiger partial charge in [-0.05, 0) is 37.1 Å². The zero-order chi connectivity index (χ0) is 18.2. The van der Waals surface area contributed by atoms with Gasteiger partial charge in [0.05, 0.1) is 17.5 Å². The molecule has 136 valence electrons. The van der Waals surface area contributed by atoms with Crippen molar-refractivity contribution in [2.75, 3.05) is 16.4 Å². The fourth-order valence-corrected chi connectivity index (χ4v) is 7.21. The Bertz CT molecular complexity index is 789. The molecule has 2 saturated heterocycles. The molecule has 2 aliphatic heterocycles. The summed E-state index contributed by atoms with van der Waals surface area (Å²) < 4.78 is 37.3. The number of amidine groups is 1. The predicted molar refractivity (Wildman–Crippen MR) is 99.2 cm³/mol. The van der Waals surface area contributed by atoms with Gasteiger partial charge in [-0.15, -0.1) is 0 Å². The summed E-state index contributed by atoms with van der Waals surface area (Å²) in [6, 6.07) is 5.59. The number of anilines is 1. The molecule has 2 fully saturated rings. The van der Waals surface area contributed by atoms with Gasteiger partial charge in [-0.25, -0.2) is 12.8 Å². The van der Waals surface area contributed by atoms with Gasteiger partial charge in [-0.2, -0.15) is 4.99 Å². The highest BCUT2D eigenvalue weighted by molar-refractivity contribution is 8.16. The Morgan fingerprint density at radius 3 is 2.52 bits per heavy atom. The molecule has 1 aromatic carbocycles. The predicted octanol–water partition coefficient (Wildman–Crippen LogP) is 2.86. The van der Waals surface area contributed by atoms with Crippen molar-refractivity contribution < 1.29 is 17.6 Å². The summed E-state index contributed by atoms with van der Waals surface area (Å²) >= 11 is 1.34. The van der Waals surface area contributed by atoms with Gasteiger partial charge in [0.1, 0.15) is 5.82 Å². The summed E-state index contributed by atoms with van der Waals surface area (Å²) in [6.07, 6.45) is 1.43. The van der Waals surface area contributed by atoms with E-state index in [-0.39, 0.29) is 40.4 Å². The normalized spacial score (nSPS) is 26.4. The minimum Gasteiger partial charge on any atom is -0.316 e. The maximum atomic E-state index is 13.3. The lowest BCUT2D eigenvalue weighted by molar-refractivity contribution is -0.121. The summed E-state index contributed by atoms with van der Waals surface area (Å²) in [4.78, 5) is 18.5. The molecule has 0 N–H and O–H groups in total. The van der Waals surface area contributed by atoms with Gasteiger partial charge in [-0.1, -0.05) is 25.6 Å². The third-order valence-electron chi connectivity index (χ3n) is 4.71. The van der Waals surface area contributed by atoms with Crippen molar-refractivity contribution in [3.63, 3.8) is 0 Å². The zero-order valence-corrected chi connectivity index (χ0v) is 15.8. The lowest BCUT2D eigenvalue weighted by Crippen LogP contribution is -2.37. The fraction of sp³-hybridized carbons (Fsp3) is 0.529. The number of benzene rings is 1. The van der Waals surface area contributed by atoms with E-state index in [0.717, 1.165) is 0 Å². The van der Waals surface area contributed by atoms with Crippen molar-refractivity contribution in [3.05, 3.63) is 30.1 Å². The van der Waals surface area contributed by atoms with Crippen LogP contribution >= 0.6 is 11.8 Å². The summed E-state index contributed by atoms with van der Waals surface area (Å²) in [6.45, 7) is 3.90. The van der Waals surface area contributed by atoms with E-state index in [9.17, 15) is 17.6 Å². The molecule has 0 unspecified atom stereocenters. The summed E-state index contributed by atoms with van der Waals surface area (Å²) in [5, 5.41) is 0.372. The Labute approximate surface area is 151 Å². The molecule has 0 saturated carbocycles. The molecule has 25 heavy (non-hydrogen) atoms. The van der Waals surface area contributed by atoms with Crippen molar-refractivity contribution in [1.82, 2.24) is 0 Å². The smallest absolute Gasteiger partial charge is 0.251 e. The number of hydrogen-bond donors (Lipinski definition) is 0. The van der Waals surface area contributed by atoms with Crippen LogP contribution in [0.15, 0.2) is 29.3 Å². The average Bonchev–Trinajstić information content (AvgIpc) is 3.00. The maximum Gasteiger partial charge on any atom is 0.251 e. The number of carbonyl (C=O) groups is 1. The second kappa shape index (κ2) is 7.07. The first-order valence-corrected chi connectivity index (χ1v) is 11.1. The Kier molecular flexibility index (Phi) is 5.20. The van der Waals surface area contributed by atoms with Gasteiger partial charge in [0, 0.05) is 16.9 Å².